The molecule has 0 unspecified atom stereocenters. The number of hydrogen-bond acceptors (Lipinski definition) is 8. The first-order valence-electron chi connectivity index (χ1n) is 12.7. The van der Waals surface area contributed by atoms with Crippen molar-refractivity contribution >= 4 is 16.9 Å². The first kappa shape index (κ1) is 27.0. The van der Waals surface area contributed by atoms with Gasteiger partial charge in [0.2, 0.25) is 0 Å². The van der Waals surface area contributed by atoms with Gasteiger partial charge in [0.05, 0.1) is 19.8 Å². The molecule has 0 saturated carbocycles. The van der Waals surface area contributed by atoms with Gasteiger partial charge in [-0.3, -0.25) is 14.5 Å². The molecule has 0 aliphatic carbocycles. The van der Waals surface area contributed by atoms with Gasteiger partial charge in [0.15, 0.2) is 5.82 Å². The Morgan fingerprint density at radius 3 is 2.55 bits per heavy atom. The van der Waals surface area contributed by atoms with Gasteiger partial charge in [0, 0.05) is 29.6 Å². The van der Waals surface area contributed by atoms with Crippen molar-refractivity contribution in [2.24, 2.45) is 0 Å². The predicted molar refractivity (Wildman–Crippen MR) is 144 cm³/mol. The molecule has 0 fully saturated rings. The monoisotopic (exact) mass is 518 g/mol. The maximum absolute atomic E-state index is 13.2. The number of carbonyl (C=O) groups is 1. The van der Waals surface area contributed by atoms with Gasteiger partial charge < -0.3 is 14.5 Å². The number of ether oxygens (including phenoxy) is 2. The Balaban J connectivity index is 1.74. The summed E-state index contributed by atoms with van der Waals surface area (Å²) >= 11 is 0. The standard InChI is InChI=1S/C28H34N6O4/c1-6-25(27-30-31-32-34(27)17-26(35)38-7-2)33(15-20-8-10-22(37-5)11-9-20)16-21-14-23-19(4)12-18(3)13-24(23)29-28(21)36/h8-14,25H,6-7,15-17H2,1-5H3,(H,29,36)/t25-/m0/s1. The minimum atomic E-state index is -0.408. The number of tetrazole rings is 1. The first-order chi connectivity index (χ1) is 18.3. The van der Waals surface area contributed by atoms with E-state index in [2.05, 4.69) is 31.5 Å². The summed E-state index contributed by atoms with van der Waals surface area (Å²) in [7, 11) is 1.63. The largest absolute Gasteiger partial charge is 0.497 e. The highest BCUT2D eigenvalue weighted by Gasteiger charge is 2.27. The summed E-state index contributed by atoms with van der Waals surface area (Å²) < 4.78 is 11.9. The molecule has 0 aliphatic heterocycles. The van der Waals surface area contributed by atoms with Crippen molar-refractivity contribution in [3.8, 4) is 5.75 Å². The van der Waals surface area contributed by atoms with Crippen LogP contribution in [0.4, 0.5) is 0 Å². The second-order valence-corrected chi connectivity index (χ2v) is 9.34. The molecule has 0 saturated heterocycles. The van der Waals surface area contributed by atoms with Crippen LogP contribution in [-0.2, 0) is 29.2 Å². The van der Waals surface area contributed by atoms with Crippen molar-refractivity contribution < 1.29 is 14.3 Å². The summed E-state index contributed by atoms with van der Waals surface area (Å²) in [5, 5.41) is 13.2. The van der Waals surface area contributed by atoms with Gasteiger partial charge >= 0.3 is 5.97 Å². The van der Waals surface area contributed by atoms with Crippen molar-refractivity contribution in [1.29, 1.82) is 0 Å². The Bertz CT molecular complexity index is 1460. The third-order valence-corrected chi connectivity index (χ3v) is 6.58. The van der Waals surface area contributed by atoms with Crippen LogP contribution in [-0.4, -0.2) is 49.8 Å². The van der Waals surface area contributed by atoms with E-state index in [1.54, 1.807) is 14.0 Å². The van der Waals surface area contributed by atoms with E-state index in [0.717, 1.165) is 33.3 Å². The number of carbonyl (C=O) groups excluding carboxylic acids is 1. The highest BCUT2D eigenvalue weighted by molar-refractivity contribution is 5.83. The molecular formula is C28H34N6O4. The lowest BCUT2D eigenvalue weighted by Gasteiger charge is -2.30. The van der Waals surface area contributed by atoms with Gasteiger partial charge in [0.1, 0.15) is 12.3 Å². The van der Waals surface area contributed by atoms with Crippen LogP contribution in [0.5, 0.6) is 5.75 Å². The summed E-state index contributed by atoms with van der Waals surface area (Å²) in [5.41, 5.74) is 4.56. The summed E-state index contributed by atoms with van der Waals surface area (Å²) in [4.78, 5) is 30.6. The lowest BCUT2D eigenvalue weighted by molar-refractivity contribution is -0.144. The number of benzene rings is 2. The smallest absolute Gasteiger partial charge is 0.327 e. The van der Waals surface area contributed by atoms with Crippen molar-refractivity contribution in [2.45, 2.75) is 59.8 Å². The van der Waals surface area contributed by atoms with E-state index < -0.39 is 5.97 Å². The van der Waals surface area contributed by atoms with E-state index in [1.807, 2.05) is 57.2 Å². The Hall–Kier alpha value is -4.05. The fraction of sp³-hybridized carbons (Fsp3) is 0.393. The number of nitrogens with one attached hydrogen (secondary N) is 1. The van der Waals surface area contributed by atoms with E-state index in [9.17, 15) is 9.59 Å². The van der Waals surface area contributed by atoms with Gasteiger partial charge in [0.25, 0.3) is 5.56 Å². The molecule has 38 heavy (non-hydrogen) atoms. The Morgan fingerprint density at radius 1 is 1.11 bits per heavy atom. The molecule has 2 aromatic heterocycles. The molecule has 0 amide bonds. The average molecular weight is 519 g/mol. The van der Waals surface area contributed by atoms with E-state index in [0.29, 0.717) is 30.9 Å². The number of aromatic nitrogens is 5. The third kappa shape index (κ3) is 6.08. The lowest BCUT2D eigenvalue weighted by Crippen LogP contribution is -2.33. The number of aryl methyl sites for hydroxylation is 2. The minimum absolute atomic E-state index is 0.0852. The average Bonchev–Trinajstić information content (AvgIpc) is 3.33. The highest BCUT2D eigenvalue weighted by atomic mass is 16.5. The van der Waals surface area contributed by atoms with Crippen molar-refractivity contribution in [1.82, 2.24) is 30.1 Å². The van der Waals surface area contributed by atoms with Crippen LogP contribution in [0, 0.1) is 13.8 Å². The molecule has 0 radical (unpaired) electrons. The SMILES string of the molecule is CCOC(=O)Cn1nnnc1[C@H](CC)N(Cc1ccc(OC)cc1)Cc1cc2c(C)cc(C)cc2[nH]c1=O. The number of pyridine rings is 1. The fourth-order valence-corrected chi connectivity index (χ4v) is 4.79. The number of methoxy groups -OCH3 is 1. The normalized spacial score (nSPS) is 12.2. The molecule has 10 nitrogen and oxygen atoms in total. The van der Waals surface area contributed by atoms with Crippen LogP contribution in [0.2, 0.25) is 0 Å². The van der Waals surface area contributed by atoms with Crippen LogP contribution in [0.1, 0.15) is 54.4 Å². The summed E-state index contributed by atoms with van der Waals surface area (Å²) in [6.07, 6.45) is 0.656. The van der Waals surface area contributed by atoms with E-state index in [4.69, 9.17) is 9.47 Å². The molecule has 10 heteroatoms. The fourth-order valence-electron chi connectivity index (χ4n) is 4.79. The zero-order valence-electron chi connectivity index (χ0n) is 22.5. The minimum Gasteiger partial charge on any atom is -0.497 e. The van der Waals surface area contributed by atoms with Crippen molar-refractivity contribution in [3.05, 3.63) is 80.9 Å². The molecule has 4 aromatic rings. The van der Waals surface area contributed by atoms with Crippen LogP contribution in [0.3, 0.4) is 0 Å². The first-order valence-corrected chi connectivity index (χ1v) is 12.7. The third-order valence-electron chi connectivity index (χ3n) is 6.58. The maximum atomic E-state index is 13.2. The molecule has 0 bridgehead atoms. The number of hydrogen-bond donors (Lipinski definition) is 1. The number of rotatable bonds is 11. The number of H-pyrrole nitrogens is 1. The molecular weight excluding hydrogens is 484 g/mol. The zero-order chi connectivity index (χ0) is 27.2. The Labute approximate surface area is 221 Å². The summed E-state index contributed by atoms with van der Waals surface area (Å²) in [6, 6.07) is 13.6. The van der Waals surface area contributed by atoms with Gasteiger partial charge in [-0.25, -0.2) is 4.68 Å². The molecule has 1 atom stereocenters. The van der Waals surface area contributed by atoms with Crippen LogP contribution in [0.25, 0.3) is 10.9 Å². The Morgan fingerprint density at radius 2 is 1.87 bits per heavy atom. The maximum Gasteiger partial charge on any atom is 0.327 e. The second kappa shape index (κ2) is 12.0. The van der Waals surface area contributed by atoms with Gasteiger partial charge in [-0.2, -0.15) is 0 Å². The topological polar surface area (TPSA) is 115 Å². The second-order valence-electron chi connectivity index (χ2n) is 9.34. The molecule has 2 aromatic carbocycles. The molecule has 0 aliphatic rings. The highest BCUT2D eigenvalue weighted by Crippen LogP contribution is 2.27. The van der Waals surface area contributed by atoms with Gasteiger partial charge in [-0.1, -0.05) is 25.1 Å². The van der Waals surface area contributed by atoms with Gasteiger partial charge in [-0.15, -0.1) is 5.10 Å². The number of aromatic amines is 1. The molecule has 4 rings (SSSR count). The molecule has 2 heterocycles. The summed E-state index contributed by atoms with van der Waals surface area (Å²) in [6.45, 7) is 8.93. The molecule has 200 valence electrons. The van der Waals surface area contributed by atoms with Crippen molar-refractivity contribution in [2.75, 3.05) is 13.7 Å². The lowest BCUT2D eigenvalue weighted by atomic mass is 10.0. The number of esters is 1. The summed E-state index contributed by atoms with van der Waals surface area (Å²) in [5.74, 6) is 0.898. The van der Waals surface area contributed by atoms with E-state index in [-0.39, 0.29) is 24.8 Å². The number of nitrogens with zero attached hydrogens (tertiary/aromatic N) is 5. The van der Waals surface area contributed by atoms with E-state index in [1.165, 1.54) is 4.68 Å². The predicted octanol–water partition coefficient (Wildman–Crippen LogP) is 3.86. The molecule has 0 spiro atoms. The molecule has 1 N–H and O–H groups in total. The van der Waals surface area contributed by atoms with Crippen LogP contribution < -0.4 is 10.3 Å². The van der Waals surface area contributed by atoms with Crippen molar-refractivity contribution in [3.63, 3.8) is 0 Å². The van der Waals surface area contributed by atoms with E-state index >= 15 is 0 Å². The Kier molecular flexibility index (Phi) is 8.52. The van der Waals surface area contributed by atoms with Crippen LogP contribution >= 0.6 is 0 Å². The quantitative estimate of drug-likeness (QED) is 0.298. The van der Waals surface area contributed by atoms with Gasteiger partial charge in [-0.05, 0) is 78.6 Å². The van der Waals surface area contributed by atoms with Crippen LogP contribution in [0.15, 0.2) is 47.3 Å². The number of fused-ring (bicyclic) bond motifs is 1. The zero-order valence-corrected chi connectivity index (χ0v) is 22.5.